The monoisotopic (exact) mass is 494 g/mol. The van der Waals surface area contributed by atoms with Crippen LogP contribution >= 0.6 is 0 Å². The summed E-state index contributed by atoms with van der Waals surface area (Å²) in [5.74, 6) is 0.732. The fourth-order valence-corrected chi connectivity index (χ4v) is 5.27. The summed E-state index contributed by atoms with van der Waals surface area (Å²) in [5, 5.41) is 3.11. The van der Waals surface area contributed by atoms with E-state index in [1.54, 1.807) is 0 Å². The molecule has 6 heteroatoms. The van der Waals surface area contributed by atoms with Crippen molar-refractivity contribution < 1.29 is 9.59 Å². The molecule has 0 aliphatic carbocycles. The topological polar surface area (TPSA) is 67.2 Å². The van der Waals surface area contributed by atoms with E-state index >= 15 is 0 Å². The highest BCUT2D eigenvalue weighted by atomic mass is 16.2. The lowest BCUT2D eigenvalue weighted by molar-refractivity contribution is -0.135. The molecule has 5 rings (SSSR count). The predicted octanol–water partition coefficient (Wildman–Crippen LogP) is 5.52. The van der Waals surface area contributed by atoms with Crippen molar-refractivity contribution in [1.29, 1.82) is 0 Å². The summed E-state index contributed by atoms with van der Waals surface area (Å²) in [6, 6.07) is 26.1. The first-order valence-corrected chi connectivity index (χ1v) is 13.2. The SMILES string of the molecule is CC(NC(=O)Cc1ccc(-c2ccccc2)cc1)c1nc2ccccc2n1CC(=O)N1CCCCC1C. The molecule has 1 aromatic heterocycles. The number of rotatable bonds is 7. The standard InChI is InChI=1S/C31H34N4O2/c1-22-10-8-9-19-34(22)30(37)21-35-28-14-7-6-13-27(28)33-31(35)23(2)32-29(36)20-24-15-17-26(18-16-24)25-11-4-3-5-12-25/h3-7,11-18,22-23H,8-10,19-21H2,1-2H3,(H,32,36). The molecular weight excluding hydrogens is 460 g/mol. The number of hydrogen-bond donors (Lipinski definition) is 1. The number of benzene rings is 3. The largest absolute Gasteiger partial charge is 0.346 e. The number of amides is 2. The first-order chi connectivity index (χ1) is 18.0. The Morgan fingerprint density at radius 1 is 0.946 bits per heavy atom. The number of hydrogen-bond acceptors (Lipinski definition) is 3. The zero-order chi connectivity index (χ0) is 25.8. The molecular formula is C31H34N4O2. The zero-order valence-corrected chi connectivity index (χ0v) is 21.6. The first-order valence-electron chi connectivity index (χ1n) is 13.2. The van der Waals surface area contributed by atoms with Gasteiger partial charge in [0.2, 0.25) is 11.8 Å². The Labute approximate surface area is 218 Å². The quantitative estimate of drug-likeness (QED) is 0.368. The normalized spacial score (nSPS) is 16.5. The van der Waals surface area contributed by atoms with Crippen LogP contribution in [0.15, 0.2) is 78.9 Å². The lowest BCUT2D eigenvalue weighted by Gasteiger charge is -2.33. The Kier molecular flexibility index (Phi) is 7.35. The number of imidazole rings is 1. The van der Waals surface area contributed by atoms with Gasteiger partial charge in [0.1, 0.15) is 12.4 Å². The Morgan fingerprint density at radius 3 is 2.41 bits per heavy atom. The molecule has 0 saturated carbocycles. The molecule has 0 spiro atoms. The number of likely N-dealkylation sites (tertiary alicyclic amines) is 1. The molecule has 3 aromatic carbocycles. The van der Waals surface area contributed by atoms with Gasteiger partial charge in [-0.2, -0.15) is 0 Å². The lowest BCUT2D eigenvalue weighted by Crippen LogP contribution is -2.44. The minimum atomic E-state index is -0.338. The molecule has 2 heterocycles. The second-order valence-corrected chi connectivity index (χ2v) is 10.0. The van der Waals surface area contributed by atoms with Crippen LogP contribution in [0.2, 0.25) is 0 Å². The summed E-state index contributed by atoms with van der Waals surface area (Å²) in [6.45, 7) is 5.08. The molecule has 0 radical (unpaired) electrons. The fraction of sp³-hybridized carbons (Fsp3) is 0.323. The molecule has 190 valence electrons. The highest BCUT2D eigenvalue weighted by Crippen LogP contribution is 2.24. The number of para-hydroxylation sites is 2. The second kappa shape index (κ2) is 11.0. The Morgan fingerprint density at radius 2 is 1.65 bits per heavy atom. The molecule has 1 fully saturated rings. The van der Waals surface area contributed by atoms with Gasteiger partial charge in [0, 0.05) is 12.6 Å². The van der Waals surface area contributed by atoms with E-state index in [1.165, 1.54) is 6.42 Å². The molecule has 4 aromatic rings. The van der Waals surface area contributed by atoms with E-state index in [2.05, 4.69) is 24.4 Å². The van der Waals surface area contributed by atoms with Crippen LogP contribution in [0.1, 0.15) is 50.5 Å². The molecule has 1 saturated heterocycles. The molecule has 0 bridgehead atoms. The molecule has 1 aliphatic heterocycles. The first kappa shape index (κ1) is 24.8. The fourth-order valence-electron chi connectivity index (χ4n) is 5.27. The Balaban J connectivity index is 1.30. The van der Waals surface area contributed by atoms with Gasteiger partial charge in [-0.3, -0.25) is 9.59 Å². The van der Waals surface area contributed by atoms with Gasteiger partial charge in [0.15, 0.2) is 0 Å². The van der Waals surface area contributed by atoms with Crippen LogP contribution in [0.3, 0.4) is 0 Å². The van der Waals surface area contributed by atoms with Crippen LogP contribution in [0, 0.1) is 0 Å². The van der Waals surface area contributed by atoms with E-state index in [1.807, 2.05) is 83.1 Å². The van der Waals surface area contributed by atoms with Crippen molar-refractivity contribution in [3.63, 3.8) is 0 Å². The van der Waals surface area contributed by atoms with Crippen LogP contribution in [-0.2, 0) is 22.6 Å². The third-order valence-electron chi connectivity index (χ3n) is 7.29. The van der Waals surface area contributed by atoms with Crippen molar-refractivity contribution in [3.05, 3.63) is 90.3 Å². The number of piperidine rings is 1. The van der Waals surface area contributed by atoms with Gasteiger partial charge in [0.25, 0.3) is 0 Å². The van der Waals surface area contributed by atoms with Gasteiger partial charge < -0.3 is 14.8 Å². The maximum atomic E-state index is 13.3. The molecule has 6 nitrogen and oxygen atoms in total. The van der Waals surface area contributed by atoms with E-state index in [4.69, 9.17) is 4.98 Å². The van der Waals surface area contributed by atoms with Crippen LogP contribution in [0.25, 0.3) is 22.2 Å². The van der Waals surface area contributed by atoms with E-state index < -0.39 is 0 Å². The van der Waals surface area contributed by atoms with Crippen molar-refractivity contribution in [1.82, 2.24) is 19.8 Å². The predicted molar refractivity (Wildman–Crippen MR) is 147 cm³/mol. The number of nitrogens with one attached hydrogen (secondary N) is 1. The third-order valence-corrected chi connectivity index (χ3v) is 7.29. The summed E-state index contributed by atoms with van der Waals surface area (Å²) < 4.78 is 1.97. The number of carbonyl (C=O) groups excluding carboxylic acids is 2. The number of nitrogens with zero attached hydrogens (tertiary/aromatic N) is 3. The number of aromatic nitrogens is 2. The number of fused-ring (bicyclic) bond motifs is 1. The van der Waals surface area contributed by atoms with Gasteiger partial charge in [0.05, 0.1) is 23.5 Å². The second-order valence-electron chi connectivity index (χ2n) is 10.0. The van der Waals surface area contributed by atoms with Crippen LogP contribution < -0.4 is 5.32 Å². The third kappa shape index (κ3) is 5.58. The highest BCUT2D eigenvalue weighted by Gasteiger charge is 2.26. The van der Waals surface area contributed by atoms with Gasteiger partial charge in [-0.1, -0.05) is 66.7 Å². The Hall–Kier alpha value is -3.93. The van der Waals surface area contributed by atoms with Gasteiger partial charge in [-0.25, -0.2) is 4.98 Å². The highest BCUT2D eigenvalue weighted by molar-refractivity contribution is 5.82. The number of carbonyl (C=O) groups is 2. The summed E-state index contributed by atoms with van der Waals surface area (Å²) in [7, 11) is 0. The maximum absolute atomic E-state index is 13.3. The molecule has 37 heavy (non-hydrogen) atoms. The van der Waals surface area contributed by atoms with Crippen LogP contribution in [0.4, 0.5) is 0 Å². The minimum absolute atomic E-state index is 0.0745. The summed E-state index contributed by atoms with van der Waals surface area (Å²) >= 11 is 0. The smallest absolute Gasteiger partial charge is 0.242 e. The van der Waals surface area contributed by atoms with E-state index in [-0.39, 0.29) is 36.9 Å². The Bertz CT molecular complexity index is 1380. The average Bonchev–Trinajstić information content (AvgIpc) is 3.28. The van der Waals surface area contributed by atoms with E-state index in [0.29, 0.717) is 5.82 Å². The van der Waals surface area contributed by atoms with Crippen LogP contribution in [-0.4, -0.2) is 38.9 Å². The zero-order valence-electron chi connectivity index (χ0n) is 21.6. The lowest BCUT2D eigenvalue weighted by atomic mass is 10.0. The van der Waals surface area contributed by atoms with Gasteiger partial charge in [-0.15, -0.1) is 0 Å². The summed E-state index contributed by atoms with van der Waals surface area (Å²) in [6.07, 6.45) is 3.54. The molecule has 2 atom stereocenters. The molecule has 1 N–H and O–H groups in total. The molecule has 2 unspecified atom stereocenters. The van der Waals surface area contributed by atoms with Gasteiger partial charge in [-0.05, 0) is 61.9 Å². The van der Waals surface area contributed by atoms with Crippen molar-refractivity contribution in [2.75, 3.05) is 6.54 Å². The summed E-state index contributed by atoms with van der Waals surface area (Å²) in [4.78, 5) is 33.0. The maximum Gasteiger partial charge on any atom is 0.242 e. The van der Waals surface area contributed by atoms with Crippen molar-refractivity contribution in [2.24, 2.45) is 0 Å². The van der Waals surface area contributed by atoms with E-state index in [0.717, 1.165) is 47.1 Å². The van der Waals surface area contributed by atoms with E-state index in [9.17, 15) is 9.59 Å². The van der Waals surface area contributed by atoms with Crippen molar-refractivity contribution in [2.45, 2.75) is 58.2 Å². The van der Waals surface area contributed by atoms with Crippen LogP contribution in [0.5, 0.6) is 0 Å². The summed E-state index contributed by atoms with van der Waals surface area (Å²) in [5.41, 5.74) is 4.97. The van der Waals surface area contributed by atoms with Crippen molar-refractivity contribution in [3.8, 4) is 11.1 Å². The average molecular weight is 495 g/mol. The van der Waals surface area contributed by atoms with Gasteiger partial charge >= 0.3 is 0 Å². The molecule has 2 amide bonds. The molecule has 1 aliphatic rings. The minimum Gasteiger partial charge on any atom is -0.346 e. The van der Waals surface area contributed by atoms with Crippen molar-refractivity contribution >= 4 is 22.8 Å².